The molecule has 0 bridgehead atoms. The number of rotatable bonds is 9. The Hall–Kier alpha value is -1.13. The van der Waals surface area contributed by atoms with Crippen molar-refractivity contribution in [1.29, 1.82) is 0 Å². The van der Waals surface area contributed by atoms with Crippen LogP contribution in [0.2, 0.25) is 0 Å². The molecule has 1 heterocycles. The van der Waals surface area contributed by atoms with Crippen molar-refractivity contribution in [1.82, 2.24) is 10.3 Å². The molecular formula is C16H27N3O. The summed E-state index contributed by atoms with van der Waals surface area (Å²) in [7, 11) is 1.73. The van der Waals surface area contributed by atoms with Crippen molar-refractivity contribution in [3.8, 4) is 0 Å². The van der Waals surface area contributed by atoms with Gasteiger partial charge in [0.15, 0.2) is 0 Å². The lowest BCUT2D eigenvalue weighted by Crippen LogP contribution is -2.34. The molecule has 0 aliphatic heterocycles. The molecule has 1 aromatic heterocycles. The Morgan fingerprint density at radius 1 is 1.45 bits per heavy atom. The van der Waals surface area contributed by atoms with Crippen molar-refractivity contribution >= 4 is 5.82 Å². The van der Waals surface area contributed by atoms with Crippen LogP contribution in [0.4, 0.5) is 5.82 Å². The lowest BCUT2D eigenvalue weighted by atomic mass is 9.85. The Morgan fingerprint density at radius 2 is 2.30 bits per heavy atom. The molecular weight excluding hydrogens is 250 g/mol. The third-order valence-electron chi connectivity index (χ3n) is 4.05. The summed E-state index contributed by atoms with van der Waals surface area (Å²) in [5.41, 5.74) is 1.28. The molecule has 4 heteroatoms. The number of anilines is 1. The molecule has 0 spiro atoms. The predicted molar refractivity (Wildman–Crippen MR) is 83.0 cm³/mol. The largest absolute Gasteiger partial charge is 0.383 e. The van der Waals surface area contributed by atoms with E-state index in [9.17, 15) is 0 Å². The fraction of sp³-hybridized carbons (Fsp3) is 0.688. The molecule has 4 nitrogen and oxygen atoms in total. The molecule has 0 aromatic carbocycles. The van der Waals surface area contributed by atoms with Gasteiger partial charge in [0.05, 0.1) is 6.61 Å². The number of aromatic nitrogens is 1. The Morgan fingerprint density at radius 3 is 2.95 bits per heavy atom. The molecule has 1 aliphatic rings. The topological polar surface area (TPSA) is 37.4 Å². The average Bonchev–Trinajstić information content (AvgIpc) is 2.44. The Bertz CT molecular complexity index is 393. The van der Waals surface area contributed by atoms with Crippen molar-refractivity contribution in [3.63, 3.8) is 0 Å². The summed E-state index contributed by atoms with van der Waals surface area (Å²) in [6.45, 7) is 6.87. The van der Waals surface area contributed by atoms with Crippen LogP contribution in [0.1, 0.15) is 31.7 Å². The summed E-state index contributed by atoms with van der Waals surface area (Å²) in [6.07, 6.45) is 6.06. The van der Waals surface area contributed by atoms with Gasteiger partial charge >= 0.3 is 0 Å². The molecule has 1 aromatic rings. The number of methoxy groups -OCH3 is 1. The van der Waals surface area contributed by atoms with E-state index in [4.69, 9.17) is 4.74 Å². The van der Waals surface area contributed by atoms with E-state index in [0.29, 0.717) is 0 Å². The zero-order valence-corrected chi connectivity index (χ0v) is 12.8. The van der Waals surface area contributed by atoms with Crippen LogP contribution >= 0.6 is 0 Å². The molecule has 0 atom stereocenters. The fourth-order valence-corrected chi connectivity index (χ4v) is 2.60. The van der Waals surface area contributed by atoms with Crippen LogP contribution in [-0.4, -0.2) is 38.3 Å². The summed E-state index contributed by atoms with van der Waals surface area (Å²) in [5.74, 6) is 2.01. The summed E-state index contributed by atoms with van der Waals surface area (Å²) in [5, 5.41) is 3.41. The molecule has 0 unspecified atom stereocenters. The van der Waals surface area contributed by atoms with Gasteiger partial charge in [-0.3, -0.25) is 0 Å². The Balaban J connectivity index is 1.96. The molecule has 1 aliphatic carbocycles. The van der Waals surface area contributed by atoms with E-state index in [2.05, 4.69) is 28.2 Å². The van der Waals surface area contributed by atoms with Crippen LogP contribution < -0.4 is 10.2 Å². The number of pyridine rings is 1. The second kappa shape index (κ2) is 8.22. The van der Waals surface area contributed by atoms with Gasteiger partial charge in [0, 0.05) is 45.0 Å². The van der Waals surface area contributed by atoms with E-state index in [1.807, 2.05) is 12.3 Å². The van der Waals surface area contributed by atoms with Crippen molar-refractivity contribution in [2.75, 3.05) is 38.3 Å². The van der Waals surface area contributed by atoms with Crippen LogP contribution in [0.5, 0.6) is 0 Å². The molecule has 2 rings (SSSR count). The van der Waals surface area contributed by atoms with E-state index in [0.717, 1.165) is 44.5 Å². The number of nitrogens with one attached hydrogen (secondary N) is 1. The van der Waals surface area contributed by atoms with Gasteiger partial charge in [-0.2, -0.15) is 0 Å². The molecule has 1 fully saturated rings. The fourth-order valence-electron chi connectivity index (χ4n) is 2.60. The maximum atomic E-state index is 5.06. The summed E-state index contributed by atoms with van der Waals surface area (Å²) in [6, 6.07) is 4.19. The summed E-state index contributed by atoms with van der Waals surface area (Å²) in [4.78, 5) is 7.04. The Labute approximate surface area is 122 Å². The van der Waals surface area contributed by atoms with Gasteiger partial charge in [-0.1, -0.05) is 12.5 Å². The van der Waals surface area contributed by atoms with Gasteiger partial charge in [0.2, 0.25) is 0 Å². The SMILES string of the molecule is CCN(CC1CCC1)c1ncccc1CNCCOC. The van der Waals surface area contributed by atoms with Gasteiger partial charge in [-0.05, 0) is 31.7 Å². The average molecular weight is 277 g/mol. The van der Waals surface area contributed by atoms with E-state index in [1.54, 1.807) is 7.11 Å². The standard InChI is InChI=1S/C16H27N3O/c1-3-19(13-14-6-4-7-14)16-15(8-5-9-18-16)12-17-10-11-20-2/h5,8-9,14,17H,3-4,6-7,10-13H2,1-2H3. The van der Waals surface area contributed by atoms with Crippen LogP contribution in [0.3, 0.4) is 0 Å². The van der Waals surface area contributed by atoms with Crippen LogP contribution in [0, 0.1) is 5.92 Å². The highest BCUT2D eigenvalue weighted by atomic mass is 16.5. The first-order valence-electron chi connectivity index (χ1n) is 7.73. The second-order valence-corrected chi connectivity index (χ2v) is 5.49. The highest BCUT2D eigenvalue weighted by molar-refractivity contribution is 5.46. The molecule has 20 heavy (non-hydrogen) atoms. The highest BCUT2D eigenvalue weighted by Gasteiger charge is 2.21. The smallest absolute Gasteiger partial charge is 0.133 e. The van der Waals surface area contributed by atoms with Crippen molar-refractivity contribution < 1.29 is 4.74 Å². The molecule has 0 saturated heterocycles. The first kappa shape index (κ1) is 15.3. The minimum atomic E-state index is 0.745. The first-order chi connectivity index (χ1) is 9.85. The van der Waals surface area contributed by atoms with Gasteiger partial charge in [0.1, 0.15) is 5.82 Å². The lowest BCUT2D eigenvalue weighted by molar-refractivity contribution is 0.199. The minimum Gasteiger partial charge on any atom is -0.383 e. The zero-order chi connectivity index (χ0) is 14.2. The summed E-state index contributed by atoms with van der Waals surface area (Å²) < 4.78 is 5.06. The number of hydrogen-bond donors (Lipinski definition) is 1. The first-order valence-corrected chi connectivity index (χ1v) is 7.73. The maximum Gasteiger partial charge on any atom is 0.133 e. The number of nitrogens with zero attached hydrogens (tertiary/aromatic N) is 2. The zero-order valence-electron chi connectivity index (χ0n) is 12.8. The van der Waals surface area contributed by atoms with Crippen LogP contribution in [0.25, 0.3) is 0 Å². The predicted octanol–water partition coefficient (Wildman–Crippen LogP) is 2.44. The van der Waals surface area contributed by atoms with Crippen molar-refractivity contribution in [3.05, 3.63) is 23.9 Å². The molecule has 0 radical (unpaired) electrons. The quantitative estimate of drug-likeness (QED) is 0.704. The van der Waals surface area contributed by atoms with Gasteiger partial charge in [-0.25, -0.2) is 4.98 Å². The van der Waals surface area contributed by atoms with Crippen molar-refractivity contribution in [2.45, 2.75) is 32.7 Å². The van der Waals surface area contributed by atoms with E-state index in [1.165, 1.54) is 24.8 Å². The van der Waals surface area contributed by atoms with Crippen LogP contribution in [0.15, 0.2) is 18.3 Å². The van der Waals surface area contributed by atoms with E-state index >= 15 is 0 Å². The number of hydrogen-bond acceptors (Lipinski definition) is 4. The molecule has 0 amide bonds. The Kier molecular flexibility index (Phi) is 6.27. The highest BCUT2D eigenvalue weighted by Crippen LogP contribution is 2.29. The molecule has 1 saturated carbocycles. The van der Waals surface area contributed by atoms with Gasteiger partial charge in [-0.15, -0.1) is 0 Å². The van der Waals surface area contributed by atoms with Crippen LogP contribution in [-0.2, 0) is 11.3 Å². The third kappa shape index (κ3) is 4.18. The van der Waals surface area contributed by atoms with Gasteiger partial charge in [0.25, 0.3) is 0 Å². The molecule has 112 valence electrons. The third-order valence-corrected chi connectivity index (χ3v) is 4.05. The maximum absolute atomic E-state index is 5.06. The van der Waals surface area contributed by atoms with Crippen molar-refractivity contribution in [2.24, 2.45) is 5.92 Å². The monoisotopic (exact) mass is 277 g/mol. The second-order valence-electron chi connectivity index (χ2n) is 5.49. The van der Waals surface area contributed by atoms with E-state index in [-0.39, 0.29) is 0 Å². The number of ether oxygens (including phenoxy) is 1. The minimum absolute atomic E-state index is 0.745. The molecule has 1 N–H and O–H groups in total. The van der Waals surface area contributed by atoms with E-state index < -0.39 is 0 Å². The van der Waals surface area contributed by atoms with Gasteiger partial charge < -0.3 is 15.0 Å². The normalized spacial score (nSPS) is 15.1. The summed E-state index contributed by atoms with van der Waals surface area (Å²) >= 11 is 0. The lowest BCUT2D eigenvalue weighted by Gasteiger charge is -2.33.